The molecule has 0 unspecified atom stereocenters. The summed E-state index contributed by atoms with van der Waals surface area (Å²) in [6.07, 6.45) is 3.28. The smallest absolute Gasteiger partial charge is 0.250 e. The molecule has 1 N–H and O–H groups in total. The van der Waals surface area contributed by atoms with E-state index in [1.54, 1.807) is 6.92 Å². The fraction of sp³-hybridized carbons (Fsp3) is 0.625. The van der Waals surface area contributed by atoms with E-state index < -0.39 is 10.0 Å². The Morgan fingerprint density at radius 2 is 1.83 bits per heavy atom. The van der Waals surface area contributed by atoms with Gasteiger partial charge in [-0.25, -0.2) is 8.42 Å². The Labute approximate surface area is 142 Å². The van der Waals surface area contributed by atoms with Gasteiger partial charge in [0.2, 0.25) is 15.9 Å². The summed E-state index contributed by atoms with van der Waals surface area (Å²) in [5.41, 5.74) is 1.82. The zero-order chi connectivity index (χ0) is 17.5. The monoisotopic (exact) mass is 352 g/mol. The zero-order valence-electron chi connectivity index (χ0n) is 14.6. The number of aromatic nitrogens is 3. The lowest BCUT2D eigenvalue weighted by atomic mass is 9.85. The number of aryl methyl sites for hydroxylation is 2. The molecular formula is C16H24N4O3S. The number of aromatic amines is 1. The van der Waals surface area contributed by atoms with Crippen molar-refractivity contribution >= 4 is 10.0 Å². The standard InChI is InChI=1S/C16H24N4O3S/c1-5-20(6-2)24(21,22)14-11(4)17-10(3)13(14)16-19-18-15(23-16)12-8-7-9-12/h12,17H,5-9H2,1-4H3. The van der Waals surface area contributed by atoms with E-state index >= 15 is 0 Å². The first-order chi connectivity index (χ1) is 11.4. The molecule has 3 rings (SSSR count). The van der Waals surface area contributed by atoms with Gasteiger partial charge >= 0.3 is 0 Å². The van der Waals surface area contributed by atoms with E-state index in [2.05, 4.69) is 15.2 Å². The van der Waals surface area contributed by atoms with E-state index in [0.29, 0.717) is 36.2 Å². The van der Waals surface area contributed by atoms with Crippen LogP contribution in [0.5, 0.6) is 0 Å². The quantitative estimate of drug-likeness (QED) is 0.863. The second-order valence-electron chi connectivity index (χ2n) is 6.24. The number of H-pyrrole nitrogens is 1. The number of rotatable bonds is 6. The Morgan fingerprint density at radius 1 is 1.17 bits per heavy atom. The number of sulfonamides is 1. The van der Waals surface area contributed by atoms with Crippen molar-refractivity contribution in [3.05, 3.63) is 17.3 Å². The summed E-state index contributed by atoms with van der Waals surface area (Å²) in [5, 5.41) is 8.26. The molecule has 7 nitrogen and oxygen atoms in total. The molecule has 1 aliphatic carbocycles. The van der Waals surface area contributed by atoms with Crippen LogP contribution in [-0.4, -0.2) is 41.0 Å². The third kappa shape index (κ3) is 2.67. The van der Waals surface area contributed by atoms with Crippen LogP contribution in [-0.2, 0) is 10.0 Å². The largest absolute Gasteiger partial charge is 0.420 e. The predicted octanol–water partition coefficient (Wildman–Crippen LogP) is 2.98. The molecule has 0 radical (unpaired) electrons. The van der Waals surface area contributed by atoms with Crippen molar-refractivity contribution in [3.63, 3.8) is 0 Å². The SMILES string of the molecule is CCN(CC)S(=O)(=O)c1c(C)[nH]c(C)c1-c1nnc(C2CCC2)o1. The van der Waals surface area contributed by atoms with Crippen LogP contribution >= 0.6 is 0 Å². The first-order valence-electron chi connectivity index (χ1n) is 8.43. The van der Waals surface area contributed by atoms with Gasteiger partial charge in [0, 0.05) is 30.4 Å². The van der Waals surface area contributed by atoms with Crippen molar-refractivity contribution in [1.82, 2.24) is 19.5 Å². The highest BCUT2D eigenvalue weighted by Crippen LogP contribution is 2.39. The normalized spacial score (nSPS) is 15.9. The molecule has 8 heteroatoms. The maximum Gasteiger partial charge on any atom is 0.250 e. The summed E-state index contributed by atoms with van der Waals surface area (Å²) in [6, 6.07) is 0. The number of hydrogen-bond donors (Lipinski definition) is 1. The molecule has 2 aromatic rings. The molecule has 0 saturated heterocycles. The average molecular weight is 352 g/mol. The van der Waals surface area contributed by atoms with Crippen LogP contribution in [0.2, 0.25) is 0 Å². The minimum absolute atomic E-state index is 0.243. The van der Waals surface area contributed by atoms with Gasteiger partial charge in [0.1, 0.15) is 4.90 Å². The van der Waals surface area contributed by atoms with Crippen molar-refractivity contribution in [1.29, 1.82) is 0 Å². The number of hydrogen-bond acceptors (Lipinski definition) is 5. The minimum Gasteiger partial charge on any atom is -0.420 e. The molecule has 132 valence electrons. The lowest BCUT2D eigenvalue weighted by Gasteiger charge is -2.20. The molecule has 2 heterocycles. The highest BCUT2D eigenvalue weighted by Gasteiger charge is 2.33. The van der Waals surface area contributed by atoms with Crippen molar-refractivity contribution in [2.75, 3.05) is 13.1 Å². The third-order valence-electron chi connectivity index (χ3n) is 4.73. The van der Waals surface area contributed by atoms with Gasteiger partial charge in [-0.2, -0.15) is 4.31 Å². The maximum absolute atomic E-state index is 13.0. The van der Waals surface area contributed by atoms with Gasteiger partial charge in [0.15, 0.2) is 0 Å². The predicted molar refractivity (Wildman–Crippen MR) is 90.3 cm³/mol. The van der Waals surface area contributed by atoms with Crippen LogP contribution in [0, 0.1) is 13.8 Å². The second kappa shape index (κ2) is 6.33. The molecule has 0 aliphatic heterocycles. The average Bonchev–Trinajstić information content (AvgIpc) is 3.02. The summed E-state index contributed by atoms with van der Waals surface area (Å²) in [7, 11) is -3.62. The van der Waals surface area contributed by atoms with E-state index in [-0.39, 0.29) is 10.8 Å². The highest BCUT2D eigenvalue weighted by molar-refractivity contribution is 7.89. The second-order valence-corrected chi connectivity index (χ2v) is 8.12. The van der Waals surface area contributed by atoms with E-state index in [1.165, 1.54) is 10.7 Å². The molecule has 0 atom stereocenters. The Kier molecular flexibility index (Phi) is 4.52. The van der Waals surface area contributed by atoms with Crippen LogP contribution in [0.4, 0.5) is 0 Å². The van der Waals surface area contributed by atoms with Gasteiger partial charge in [-0.3, -0.25) is 0 Å². The minimum atomic E-state index is -3.62. The molecule has 2 aromatic heterocycles. The van der Waals surface area contributed by atoms with Crippen molar-refractivity contribution in [3.8, 4) is 11.5 Å². The number of nitrogens with zero attached hydrogens (tertiary/aromatic N) is 3. The summed E-state index contributed by atoms with van der Waals surface area (Å²) in [6.45, 7) is 8.08. The fourth-order valence-electron chi connectivity index (χ4n) is 3.19. The lowest BCUT2D eigenvalue weighted by molar-refractivity contribution is 0.338. The van der Waals surface area contributed by atoms with Crippen molar-refractivity contribution < 1.29 is 12.8 Å². The van der Waals surface area contributed by atoms with Crippen LogP contribution < -0.4 is 0 Å². The molecule has 1 aliphatic rings. The van der Waals surface area contributed by atoms with E-state index in [1.807, 2.05) is 20.8 Å². The van der Waals surface area contributed by atoms with Crippen LogP contribution in [0.1, 0.15) is 56.3 Å². The summed E-state index contributed by atoms with van der Waals surface area (Å²) >= 11 is 0. The van der Waals surface area contributed by atoms with E-state index in [9.17, 15) is 8.42 Å². The zero-order valence-corrected chi connectivity index (χ0v) is 15.4. The Hall–Kier alpha value is -1.67. The van der Waals surface area contributed by atoms with E-state index in [0.717, 1.165) is 18.5 Å². The van der Waals surface area contributed by atoms with Gasteiger partial charge in [-0.1, -0.05) is 20.3 Å². The highest BCUT2D eigenvalue weighted by atomic mass is 32.2. The van der Waals surface area contributed by atoms with Gasteiger partial charge in [0.25, 0.3) is 5.89 Å². The van der Waals surface area contributed by atoms with Crippen LogP contribution in [0.15, 0.2) is 9.31 Å². The Morgan fingerprint density at radius 3 is 2.38 bits per heavy atom. The molecule has 1 saturated carbocycles. The third-order valence-corrected chi connectivity index (χ3v) is 6.95. The fourth-order valence-corrected chi connectivity index (χ4v) is 5.06. The van der Waals surface area contributed by atoms with Gasteiger partial charge in [-0.05, 0) is 26.7 Å². The summed E-state index contributed by atoms with van der Waals surface area (Å²) in [4.78, 5) is 3.36. The molecule has 24 heavy (non-hydrogen) atoms. The molecule has 0 spiro atoms. The summed E-state index contributed by atoms with van der Waals surface area (Å²) < 4.78 is 33.4. The van der Waals surface area contributed by atoms with Gasteiger partial charge < -0.3 is 9.40 Å². The Bertz CT molecular complexity index is 830. The van der Waals surface area contributed by atoms with Gasteiger partial charge in [0.05, 0.1) is 5.56 Å². The van der Waals surface area contributed by atoms with Crippen molar-refractivity contribution in [2.24, 2.45) is 0 Å². The Balaban J connectivity index is 2.10. The van der Waals surface area contributed by atoms with Crippen LogP contribution in [0.3, 0.4) is 0 Å². The first-order valence-corrected chi connectivity index (χ1v) is 9.87. The molecule has 0 bridgehead atoms. The molecule has 1 fully saturated rings. The van der Waals surface area contributed by atoms with Crippen molar-refractivity contribution in [2.45, 2.75) is 57.8 Å². The molecule has 0 aromatic carbocycles. The topological polar surface area (TPSA) is 92.1 Å². The van der Waals surface area contributed by atoms with Gasteiger partial charge in [-0.15, -0.1) is 10.2 Å². The van der Waals surface area contributed by atoms with Crippen LogP contribution in [0.25, 0.3) is 11.5 Å². The first kappa shape index (κ1) is 17.2. The molecule has 0 amide bonds. The van der Waals surface area contributed by atoms with E-state index in [4.69, 9.17) is 4.42 Å². The number of nitrogens with one attached hydrogen (secondary N) is 1. The lowest BCUT2D eigenvalue weighted by Crippen LogP contribution is -2.31. The molecular weight excluding hydrogens is 328 g/mol. The summed E-state index contributed by atoms with van der Waals surface area (Å²) in [5.74, 6) is 1.21. The maximum atomic E-state index is 13.0.